The van der Waals surface area contributed by atoms with Crippen molar-refractivity contribution < 1.29 is 4.39 Å². The van der Waals surface area contributed by atoms with Crippen LogP contribution in [0.1, 0.15) is 43.5 Å². The lowest BCUT2D eigenvalue weighted by atomic mass is 10.1. The first kappa shape index (κ1) is 14.7. The van der Waals surface area contributed by atoms with Crippen LogP contribution in [-0.2, 0) is 6.54 Å². The van der Waals surface area contributed by atoms with Gasteiger partial charge in [-0.1, -0.05) is 37.8 Å². The van der Waals surface area contributed by atoms with Crippen molar-refractivity contribution >= 4 is 11.3 Å². The number of thiazole rings is 1. The lowest BCUT2D eigenvalue weighted by molar-refractivity contribution is 0.458. The number of aromatic nitrogens is 1. The van der Waals surface area contributed by atoms with Crippen molar-refractivity contribution in [2.75, 3.05) is 0 Å². The molecular formula is C17H21FN2S. The highest BCUT2D eigenvalue weighted by molar-refractivity contribution is 7.15. The van der Waals surface area contributed by atoms with Gasteiger partial charge < -0.3 is 5.32 Å². The molecule has 2 aromatic rings. The van der Waals surface area contributed by atoms with E-state index >= 15 is 0 Å². The molecule has 0 radical (unpaired) electrons. The maximum absolute atomic E-state index is 12.9. The Morgan fingerprint density at radius 2 is 1.81 bits per heavy atom. The Hall–Kier alpha value is -1.26. The highest BCUT2D eigenvalue weighted by Crippen LogP contribution is 2.26. The second-order valence-corrected chi connectivity index (χ2v) is 6.81. The predicted octanol–water partition coefficient (Wildman–Crippen LogP) is 4.76. The molecule has 2 nitrogen and oxygen atoms in total. The summed E-state index contributed by atoms with van der Waals surface area (Å²) >= 11 is 1.69. The quantitative estimate of drug-likeness (QED) is 0.824. The zero-order valence-electron chi connectivity index (χ0n) is 12.1. The van der Waals surface area contributed by atoms with E-state index in [1.807, 2.05) is 18.3 Å². The van der Waals surface area contributed by atoms with Crippen molar-refractivity contribution in [3.05, 3.63) is 41.3 Å². The van der Waals surface area contributed by atoms with E-state index in [2.05, 4.69) is 10.3 Å². The van der Waals surface area contributed by atoms with Gasteiger partial charge in [-0.25, -0.2) is 9.37 Å². The van der Waals surface area contributed by atoms with Crippen LogP contribution >= 0.6 is 11.3 Å². The molecule has 0 saturated heterocycles. The van der Waals surface area contributed by atoms with Gasteiger partial charge in [0.05, 0.1) is 4.88 Å². The summed E-state index contributed by atoms with van der Waals surface area (Å²) in [6.45, 7) is 0.844. The lowest BCUT2D eigenvalue weighted by Crippen LogP contribution is -2.27. The standard InChI is InChI=1S/C17H21FN2S/c18-14-9-7-13(8-10-14)16-11-20-17(21-16)12-19-15-5-3-1-2-4-6-15/h7-11,15,19H,1-6,12H2. The number of nitrogens with one attached hydrogen (secondary N) is 1. The number of benzene rings is 1. The molecule has 3 rings (SSSR count). The van der Waals surface area contributed by atoms with Crippen LogP contribution in [-0.4, -0.2) is 11.0 Å². The van der Waals surface area contributed by atoms with Crippen molar-refractivity contribution in [1.29, 1.82) is 0 Å². The second-order valence-electron chi connectivity index (χ2n) is 5.69. The smallest absolute Gasteiger partial charge is 0.123 e. The third-order valence-corrected chi connectivity index (χ3v) is 5.13. The van der Waals surface area contributed by atoms with Crippen LogP contribution in [0.2, 0.25) is 0 Å². The van der Waals surface area contributed by atoms with Crippen LogP contribution in [0.15, 0.2) is 30.5 Å². The van der Waals surface area contributed by atoms with Gasteiger partial charge in [0, 0.05) is 18.8 Å². The first-order valence-electron chi connectivity index (χ1n) is 7.75. The van der Waals surface area contributed by atoms with Gasteiger partial charge in [-0.05, 0) is 30.5 Å². The van der Waals surface area contributed by atoms with Crippen LogP contribution in [0.3, 0.4) is 0 Å². The van der Waals surface area contributed by atoms with E-state index in [4.69, 9.17) is 0 Å². The Balaban J connectivity index is 1.58. The second kappa shape index (κ2) is 7.14. The Morgan fingerprint density at radius 3 is 2.52 bits per heavy atom. The van der Waals surface area contributed by atoms with Gasteiger partial charge in [0.1, 0.15) is 10.8 Å². The Labute approximate surface area is 129 Å². The molecule has 0 unspecified atom stereocenters. The first-order chi connectivity index (χ1) is 10.3. The third kappa shape index (κ3) is 4.11. The summed E-state index contributed by atoms with van der Waals surface area (Å²) in [6.07, 6.45) is 9.91. The predicted molar refractivity (Wildman–Crippen MR) is 85.8 cm³/mol. The van der Waals surface area contributed by atoms with Crippen LogP contribution in [0, 0.1) is 5.82 Å². The number of nitrogens with zero attached hydrogens (tertiary/aromatic N) is 1. The molecule has 21 heavy (non-hydrogen) atoms. The van der Waals surface area contributed by atoms with E-state index in [1.54, 1.807) is 11.3 Å². The number of halogens is 1. The summed E-state index contributed by atoms with van der Waals surface area (Å²) in [6, 6.07) is 7.26. The van der Waals surface area contributed by atoms with E-state index in [-0.39, 0.29) is 5.82 Å². The minimum absolute atomic E-state index is 0.196. The van der Waals surface area contributed by atoms with E-state index < -0.39 is 0 Å². The first-order valence-corrected chi connectivity index (χ1v) is 8.57. The molecule has 1 fully saturated rings. The summed E-state index contributed by atoms with van der Waals surface area (Å²) in [7, 11) is 0. The van der Waals surface area contributed by atoms with Crippen molar-refractivity contribution in [2.24, 2.45) is 0 Å². The van der Waals surface area contributed by atoms with Gasteiger partial charge in [-0.2, -0.15) is 0 Å². The Morgan fingerprint density at radius 1 is 1.10 bits per heavy atom. The summed E-state index contributed by atoms with van der Waals surface area (Å²) in [5, 5.41) is 4.75. The summed E-state index contributed by atoms with van der Waals surface area (Å²) in [4.78, 5) is 5.59. The number of hydrogen-bond donors (Lipinski definition) is 1. The molecule has 0 bridgehead atoms. The lowest BCUT2D eigenvalue weighted by Gasteiger charge is -2.14. The van der Waals surface area contributed by atoms with Crippen LogP contribution in [0.25, 0.3) is 10.4 Å². The number of rotatable bonds is 4. The molecule has 1 aromatic heterocycles. The normalized spacial score (nSPS) is 16.8. The molecule has 1 aromatic carbocycles. The third-order valence-electron chi connectivity index (χ3n) is 4.08. The van der Waals surface area contributed by atoms with E-state index in [0.717, 1.165) is 22.0 Å². The fourth-order valence-electron chi connectivity index (χ4n) is 2.85. The molecule has 1 aliphatic rings. The maximum Gasteiger partial charge on any atom is 0.123 e. The van der Waals surface area contributed by atoms with Crippen LogP contribution in [0.5, 0.6) is 0 Å². The molecule has 1 N–H and O–H groups in total. The van der Waals surface area contributed by atoms with E-state index in [9.17, 15) is 4.39 Å². The Bertz CT molecular complexity index is 556. The van der Waals surface area contributed by atoms with Crippen molar-refractivity contribution in [1.82, 2.24) is 10.3 Å². The molecular weight excluding hydrogens is 283 g/mol. The van der Waals surface area contributed by atoms with Gasteiger partial charge in [-0.3, -0.25) is 0 Å². The topological polar surface area (TPSA) is 24.9 Å². The fraction of sp³-hybridized carbons (Fsp3) is 0.471. The minimum Gasteiger partial charge on any atom is -0.308 e. The zero-order valence-corrected chi connectivity index (χ0v) is 13.0. The van der Waals surface area contributed by atoms with Gasteiger partial charge in [0.15, 0.2) is 0 Å². The molecule has 0 amide bonds. The summed E-state index contributed by atoms with van der Waals surface area (Å²) in [5.41, 5.74) is 1.04. The van der Waals surface area contributed by atoms with E-state index in [1.165, 1.54) is 50.7 Å². The summed E-state index contributed by atoms with van der Waals surface area (Å²) in [5.74, 6) is -0.196. The van der Waals surface area contributed by atoms with Crippen molar-refractivity contribution in [3.8, 4) is 10.4 Å². The Kier molecular flexibility index (Phi) is 4.99. The molecule has 0 spiro atoms. The molecule has 1 heterocycles. The number of hydrogen-bond acceptors (Lipinski definition) is 3. The minimum atomic E-state index is -0.196. The van der Waals surface area contributed by atoms with Crippen LogP contribution < -0.4 is 5.32 Å². The van der Waals surface area contributed by atoms with E-state index in [0.29, 0.717) is 6.04 Å². The SMILES string of the molecule is Fc1ccc(-c2cnc(CNC3CCCCCC3)s2)cc1. The highest BCUT2D eigenvalue weighted by atomic mass is 32.1. The molecule has 112 valence electrons. The molecule has 4 heteroatoms. The molecule has 1 saturated carbocycles. The molecule has 0 aliphatic heterocycles. The maximum atomic E-state index is 12.9. The molecule has 1 aliphatic carbocycles. The van der Waals surface area contributed by atoms with Crippen molar-refractivity contribution in [2.45, 2.75) is 51.1 Å². The zero-order chi connectivity index (χ0) is 14.5. The average molecular weight is 304 g/mol. The highest BCUT2D eigenvalue weighted by Gasteiger charge is 2.12. The van der Waals surface area contributed by atoms with Gasteiger partial charge >= 0.3 is 0 Å². The average Bonchev–Trinajstić information content (AvgIpc) is 2.81. The van der Waals surface area contributed by atoms with Gasteiger partial charge in [0.2, 0.25) is 0 Å². The van der Waals surface area contributed by atoms with Gasteiger partial charge in [0.25, 0.3) is 0 Å². The fourth-order valence-corrected chi connectivity index (χ4v) is 3.73. The molecule has 0 atom stereocenters. The monoisotopic (exact) mass is 304 g/mol. The largest absolute Gasteiger partial charge is 0.308 e. The van der Waals surface area contributed by atoms with Crippen LogP contribution in [0.4, 0.5) is 4.39 Å². The van der Waals surface area contributed by atoms with Crippen molar-refractivity contribution in [3.63, 3.8) is 0 Å². The van der Waals surface area contributed by atoms with Gasteiger partial charge in [-0.15, -0.1) is 11.3 Å². The summed E-state index contributed by atoms with van der Waals surface area (Å²) < 4.78 is 12.9.